The Morgan fingerprint density at radius 2 is 2.23 bits per heavy atom. The standard InChI is InChI=1S/C12H9ClF3N3O2S/c13-9-2-1-7(22-9)6-3-8(12(14,15)16)19-10(18-6)5(4-17-19)11(20)21/h1-2,4,6,8,18H,3H2,(H,20,21)/t6-,8+/m1/s1. The minimum Gasteiger partial charge on any atom is -0.477 e. The van der Waals surface area contributed by atoms with Gasteiger partial charge in [0.15, 0.2) is 6.04 Å². The second kappa shape index (κ2) is 5.17. The number of aromatic carboxylic acids is 1. The zero-order valence-corrected chi connectivity index (χ0v) is 12.3. The minimum atomic E-state index is -4.53. The third-order valence-electron chi connectivity index (χ3n) is 3.41. The normalized spacial score (nSPS) is 21.3. The molecule has 118 valence electrons. The van der Waals surface area contributed by atoms with Crippen molar-refractivity contribution in [3.63, 3.8) is 0 Å². The van der Waals surface area contributed by atoms with Crippen LogP contribution in [0.2, 0.25) is 4.34 Å². The number of fused-ring (bicyclic) bond motifs is 1. The zero-order valence-electron chi connectivity index (χ0n) is 10.8. The highest BCUT2D eigenvalue weighted by atomic mass is 35.5. The zero-order chi connectivity index (χ0) is 16.1. The fourth-order valence-corrected chi connectivity index (χ4v) is 3.55. The van der Waals surface area contributed by atoms with Crippen LogP contribution in [0.15, 0.2) is 18.3 Å². The van der Waals surface area contributed by atoms with E-state index in [1.165, 1.54) is 0 Å². The van der Waals surface area contributed by atoms with E-state index in [0.717, 1.165) is 17.5 Å². The van der Waals surface area contributed by atoms with Crippen LogP contribution in [0.4, 0.5) is 19.0 Å². The summed E-state index contributed by atoms with van der Waals surface area (Å²) in [5.74, 6) is -1.48. The summed E-state index contributed by atoms with van der Waals surface area (Å²) < 4.78 is 40.9. The molecule has 2 aromatic rings. The predicted molar refractivity (Wildman–Crippen MR) is 74.6 cm³/mol. The molecule has 0 radical (unpaired) electrons. The van der Waals surface area contributed by atoms with Gasteiger partial charge in [-0.2, -0.15) is 18.3 Å². The van der Waals surface area contributed by atoms with Gasteiger partial charge in [0.25, 0.3) is 0 Å². The Morgan fingerprint density at radius 1 is 1.50 bits per heavy atom. The first-order valence-corrected chi connectivity index (χ1v) is 7.36. The highest BCUT2D eigenvalue weighted by Crippen LogP contribution is 2.45. The summed E-state index contributed by atoms with van der Waals surface area (Å²) in [7, 11) is 0. The maximum Gasteiger partial charge on any atom is 0.410 e. The maximum absolute atomic E-state index is 13.3. The van der Waals surface area contributed by atoms with Crippen LogP contribution in [0.1, 0.15) is 33.7 Å². The Hall–Kier alpha value is -1.74. The Labute approximate surface area is 131 Å². The molecule has 0 saturated heterocycles. The molecule has 0 fully saturated rings. The third kappa shape index (κ3) is 2.54. The number of halogens is 4. The van der Waals surface area contributed by atoms with E-state index in [2.05, 4.69) is 10.4 Å². The summed E-state index contributed by atoms with van der Waals surface area (Å²) in [5, 5.41) is 15.5. The van der Waals surface area contributed by atoms with Gasteiger partial charge >= 0.3 is 12.1 Å². The number of carboxylic acids is 1. The van der Waals surface area contributed by atoms with Crippen LogP contribution in [-0.2, 0) is 0 Å². The number of hydrogen-bond acceptors (Lipinski definition) is 4. The highest BCUT2D eigenvalue weighted by Gasteiger charge is 2.47. The van der Waals surface area contributed by atoms with Gasteiger partial charge in [-0.3, -0.25) is 0 Å². The molecule has 0 aliphatic carbocycles. The molecule has 5 nitrogen and oxygen atoms in total. The average Bonchev–Trinajstić information content (AvgIpc) is 3.02. The molecule has 1 aliphatic heterocycles. The van der Waals surface area contributed by atoms with Crippen LogP contribution in [0.3, 0.4) is 0 Å². The fourth-order valence-electron chi connectivity index (χ4n) is 2.42. The van der Waals surface area contributed by atoms with E-state index in [9.17, 15) is 18.0 Å². The smallest absolute Gasteiger partial charge is 0.410 e. The van der Waals surface area contributed by atoms with Gasteiger partial charge < -0.3 is 10.4 Å². The highest BCUT2D eigenvalue weighted by molar-refractivity contribution is 7.16. The number of nitrogens with zero attached hydrogens (tertiary/aromatic N) is 2. The number of aromatic nitrogens is 2. The summed E-state index contributed by atoms with van der Waals surface area (Å²) in [5.41, 5.74) is -0.290. The van der Waals surface area contributed by atoms with Crippen molar-refractivity contribution >= 4 is 34.7 Å². The number of carboxylic acid groups (broad SMARTS) is 1. The number of anilines is 1. The van der Waals surface area contributed by atoms with Crippen molar-refractivity contribution in [2.75, 3.05) is 5.32 Å². The molecule has 0 unspecified atom stereocenters. The number of nitrogens with one attached hydrogen (secondary N) is 1. The predicted octanol–water partition coefficient (Wildman–Crippen LogP) is 3.96. The van der Waals surface area contributed by atoms with E-state index >= 15 is 0 Å². The number of hydrogen-bond donors (Lipinski definition) is 2. The molecule has 2 aromatic heterocycles. The molecular formula is C12H9ClF3N3O2S. The minimum absolute atomic E-state index is 0.143. The summed E-state index contributed by atoms with van der Waals surface area (Å²) in [4.78, 5) is 11.8. The van der Waals surface area contributed by atoms with Crippen molar-refractivity contribution in [2.45, 2.75) is 24.7 Å². The van der Waals surface area contributed by atoms with E-state index < -0.39 is 24.2 Å². The monoisotopic (exact) mass is 351 g/mol. The van der Waals surface area contributed by atoms with Gasteiger partial charge in [-0.15, -0.1) is 11.3 Å². The molecule has 0 amide bonds. The number of rotatable bonds is 2. The molecule has 22 heavy (non-hydrogen) atoms. The lowest BCUT2D eigenvalue weighted by atomic mass is 10.0. The van der Waals surface area contributed by atoms with Gasteiger partial charge in [0.1, 0.15) is 11.4 Å². The first kappa shape index (κ1) is 15.2. The van der Waals surface area contributed by atoms with Crippen molar-refractivity contribution in [3.8, 4) is 0 Å². The van der Waals surface area contributed by atoms with Crippen LogP contribution >= 0.6 is 22.9 Å². The lowest BCUT2D eigenvalue weighted by molar-refractivity contribution is -0.173. The molecule has 1 aliphatic rings. The lowest BCUT2D eigenvalue weighted by Gasteiger charge is -2.33. The van der Waals surface area contributed by atoms with E-state index in [0.29, 0.717) is 13.9 Å². The second-order valence-corrected chi connectivity index (χ2v) is 6.54. The average molecular weight is 352 g/mol. The largest absolute Gasteiger partial charge is 0.477 e. The molecule has 10 heteroatoms. The topological polar surface area (TPSA) is 67.1 Å². The molecule has 0 bridgehead atoms. The van der Waals surface area contributed by atoms with E-state index in [-0.39, 0.29) is 17.8 Å². The first-order chi connectivity index (χ1) is 10.3. The quantitative estimate of drug-likeness (QED) is 0.859. The van der Waals surface area contributed by atoms with E-state index in [4.69, 9.17) is 16.7 Å². The summed E-state index contributed by atoms with van der Waals surface area (Å²) in [6.07, 6.45) is -3.89. The fraction of sp³-hybridized carbons (Fsp3) is 0.333. The number of carbonyl (C=O) groups is 1. The van der Waals surface area contributed by atoms with Crippen LogP contribution in [0, 0.1) is 0 Å². The van der Waals surface area contributed by atoms with Crippen LogP contribution in [0.5, 0.6) is 0 Å². The summed E-state index contributed by atoms with van der Waals surface area (Å²) in [6, 6.07) is 0.662. The molecule has 2 atom stereocenters. The Morgan fingerprint density at radius 3 is 2.77 bits per heavy atom. The molecular weight excluding hydrogens is 343 g/mol. The Balaban J connectivity index is 2.06. The second-order valence-electron chi connectivity index (χ2n) is 4.79. The van der Waals surface area contributed by atoms with Gasteiger partial charge in [-0.25, -0.2) is 9.48 Å². The van der Waals surface area contributed by atoms with Gasteiger partial charge in [0, 0.05) is 11.3 Å². The maximum atomic E-state index is 13.3. The van der Waals surface area contributed by atoms with Crippen molar-refractivity contribution in [3.05, 3.63) is 33.1 Å². The molecule has 2 N–H and O–H groups in total. The van der Waals surface area contributed by atoms with E-state index in [1.54, 1.807) is 12.1 Å². The van der Waals surface area contributed by atoms with E-state index in [1.807, 2.05) is 0 Å². The number of thiophene rings is 1. The summed E-state index contributed by atoms with van der Waals surface area (Å²) in [6.45, 7) is 0. The van der Waals surface area contributed by atoms with Crippen LogP contribution in [0.25, 0.3) is 0 Å². The van der Waals surface area contributed by atoms with Gasteiger partial charge in [0.2, 0.25) is 0 Å². The van der Waals surface area contributed by atoms with Crippen molar-refractivity contribution in [1.29, 1.82) is 0 Å². The van der Waals surface area contributed by atoms with Crippen LogP contribution < -0.4 is 5.32 Å². The molecule has 0 saturated carbocycles. The van der Waals surface area contributed by atoms with Crippen LogP contribution in [-0.4, -0.2) is 27.0 Å². The summed E-state index contributed by atoms with van der Waals surface area (Å²) >= 11 is 6.98. The van der Waals surface area contributed by atoms with Gasteiger partial charge in [-0.1, -0.05) is 11.6 Å². The SMILES string of the molecule is O=C(O)c1cnn2c1N[C@@H](c1ccc(Cl)s1)C[C@H]2C(F)(F)F. The Bertz CT molecular complexity index is 728. The molecule has 0 aromatic carbocycles. The lowest BCUT2D eigenvalue weighted by Crippen LogP contribution is -2.35. The van der Waals surface area contributed by atoms with Crippen molar-refractivity contribution in [2.24, 2.45) is 0 Å². The molecule has 0 spiro atoms. The third-order valence-corrected chi connectivity index (χ3v) is 4.75. The van der Waals surface area contributed by atoms with Crippen molar-refractivity contribution < 1.29 is 23.1 Å². The number of alkyl halides is 3. The van der Waals surface area contributed by atoms with Gasteiger partial charge in [0.05, 0.1) is 16.6 Å². The molecule has 3 heterocycles. The Kier molecular flexibility index (Phi) is 3.56. The molecule has 3 rings (SSSR count). The van der Waals surface area contributed by atoms with Gasteiger partial charge in [-0.05, 0) is 12.1 Å². The van der Waals surface area contributed by atoms with Crippen molar-refractivity contribution in [1.82, 2.24) is 9.78 Å². The first-order valence-electron chi connectivity index (χ1n) is 6.16.